The van der Waals surface area contributed by atoms with Crippen LogP contribution in [0.4, 0.5) is 0 Å². The van der Waals surface area contributed by atoms with Crippen LogP contribution in [0.2, 0.25) is 0 Å². The van der Waals surface area contributed by atoms with E-state index in [-0.39, 0.29) is 17.0 Å². The van der Waals surface area contributed by atoms with Crippen LogP contribution in [0.3, 0.4) is 0 Å². The molecule has 1 amide bonds. The van der Waals surface area contributed by atoms with Crippen molar-refractivity contribution < 1.29 is 17.9 Å². The molecule has 0 fully saturated rings. The number of hydrogen-bond acceptors (Lipinski definition) is 6. The van der Waals surface area contributed by atoms with Crippen molar-refractivity contribution in [2.24, 2.45) is 0 Å². The monoisotopic (exact) mass is 415 g/mol. The Bertz CT molecular complexity index is 1110. The Kier molecular flexibility index (Phi) is 5.95. The fourth-order valence-corrected chi connectivity index (χ4v) is 3.47. The van der Waals surface area contributed by atoms with Crippen molar-refractivity contribution in [3.8, 4) is 17.1 Å². The van der Waals surface area contributed by atoms with Gasteiger partial charge in [-0.15, -0.1) is 0 Å². The minimum absolute atomic E-state index is 0.0524. The zero-order valence-electron chi connectivity index (χ0n) is 16.2. The Morgan fingerprint density at radius 3 is 2.55 bits per heavy atom. The number of ether oxygens (including phenoxy) is 1. The second kappa shape index (κ2) is 8.41. The van der Waals surface area contributed by atoms with Crippen LogP contribution in [0, 0.1) is 0 Å². The number of methoxy groups -OCH3 is 1. The minimum atomic E-state index is -3.62. The van der Waals surface area contributed by atoms with Crippen molar-refractivity contribution in [1.82, 2.24) is 24.8 Å². The molecule has 2 N–H and O–H groups in total. The molecule has 9 nitrogen and oxygen atoms in total. The summed E-state index contributed by atoms with van der Waals surface area (Å²) in [6.45, 7) is 0.118. The third kappa shape index (κ3) is 4.61. The number of nitrogens with zero attached hydrogens (tertiary/aromatic N) is 3. The van der Waals surface area contributed by atoms with Gasteiger partial charge in [0.1, 0.15) is 11.6 Å². The molecule has 2 aromatic carbocycles. The smallest absolute Gasteiger partial charge is 0.251 e. The molecule has 0 aliphatic rings. The quantitative estimate of drug-likeness (QED) is 0.606. The Morgan fingerprint density at radius 2 is 1.90 bits per heavy atom. The molecule has 1 aromatic heterocycles. The highest BCUT2D eigenvalue weighted by Crippen LogP contribution is 2.19. The molecule has 0 unspecified atom stereocenters. The maximum absolute atomic E-state index is 12.4. The molecule has 0 aliphatic heterocycles. The van der Waals surface area contributed by atoms with E-state index in [1.54, 1.807) is 13.2 Å². The van der Waals surface area contributed by atoms with E-state index in [0.717, 1.165) is 15.6 Å². The first-order valence-electron chi connectivity index (χ1n) is 8.68. The first-order chi connectivity index (χ1) is 13.8. The molecule has 0 atom stereocenters. The number of hydrogen-bond donors (Lipinski definition) is 2. The topological polar surface area (TPSA) is 117 Å². The third-order valence-corrected chi connectivity index (χ3v) is 5.98. The predicted octanol–water partition coefficient (Wildman–Crippen LogP) is 1.66. The molecule has 0 aliphatic carbocycles. The third-order valence-electron chi connectivity index (χ3n) is 4.17. The van der Waals surface area contributed by atoms with E-state index >= 15 is 0 Å². The minimum Gasteiger partial charge on any atom is -0.497 e. The van der Waals surface area contributed by atoms with Crippen molar-refractivity contribution in [3.63, 3.8) is 0 Å². The number of carbonyl (C=O) groups excluding carboxylic acids is 1. The maximum Gasteiger partial charge on any atom is 0.251 e. The molecular weight excluding hydrogens is 394 g/mol. The zero-order valence-corrected chi connectivity index (χ0v) is 17.0. The number of rotatable bonds is 7. The van der Waals surface area contributed by atoms with Gasteiger partial charge < -0.3 is 10.1 Å². The number of H-pyrrole nitrogens is 1. The molecule has 3 rings (SSSR count). The average molecular weight is 415 g/mol. The predicted molar refractivity (Wildman–Crippen MR) is 107 cm³/mol. The van der Waals surface area contributed by atoms with Gasteiger partial charge in [-0.1, -0.05) is 6.07 Å². The molecule has 0 saturated heterocycles. The van der Waals surface area contributed by atoms with Crippen LogP contribution in [0.25, 0.3) is 11.4 Å². The average Bonchev–Trinajstić information content (AvgIpc) is 3.21. The Morgan fingerprint density at radius 1 is 1.17 bits per heavy atom. The summed E-state index contributed by atoms with van der Waals surface area (Å²) in [4.78, 5) is 16.8. The lowest BCUT2D eigenvalue weighted by molar-refractivity contribution is 0.0949. The number of carbonyl (C=O) groups is 1. The van der Waals surface area contributed by atoms with E-state index in [9.17, 15) is 13.2 Å². The van der Waals surface area contributed by atoms with E-state index in [1.165, 1.54) is 32.3 Å². The van der Waals surface area contributed by atoms with Crippen molar-refractivity contribution in [2.45, 2.75) is 11.4 Å². The number of nitrogens with one attached hydrogen (secondary N) is 2. The summed E-state index contributed by atoms with van der Waals surface area (Å²) in [7, 11) is 0.849. The maximum atomic E-state index is 12.4. The van der Waals surface area contributed by atoms with E-state index in [1.807, 2.05) is 24.3 Å². The fraction of sp³-hybridized carbons (Fsp3) is 0.211. The van der Waals surface area contributed by atoms with E-state index in [0.29, 0.717) is 11.6 Å². The molecule has 152 valence electrons. The summed E-state index contributed by atoms with van der Waals surface area (Å²) in [5.74, 6) is 1.29. The summed E-state index contributed by atoms with van der Waals surface area (Å²) in [5, 5.41) is 9.63. The lowest BCUT2D eigenvalue weighted by Gasteiger charge is -2.12. The van der Waals surface area contributed by atoms with Crippen LogP contribution < -0.4 is 10.1 Å². The molecule has 29 heavy (non-hydrogen) atoms. The summed E-state index contributed by atoms with van der Waals surface area (Å²) < 4.78 is 30.7. The summed E-state index contributed by atoms with van der Waals surface area (Å²) in [5.41, 5.74) is 1.05. The lowest BCUT2D eigenvalue weighted by Crippen LogP contribution is -2.25. The van der Waals surface area contributed by atoms with Crippen LogP contribution in [-0.2, 0) is 16.6 Å². The van der Waals surface area contributed by atoms with Gasteiger partial charge in [-0.3, -0.25) is 9.89 Å². The van der Waals surface area contributed by atoms with Gasteiger partial charge in [-0.2, -0.15) is 5.10 Å². The second-order valence-corrected chi connectivity index (χ2v) is 8.48. The normalized spacial score (nSPS) is 11.4. The van der Waals surface area contributed by atoms with Gasteiger partial charge in [0.25, 0.3) is 5.91 Å². The van der Waals surface area contributed by atoms with Crippen LogP contribution in [0.1, 0.15) is 16.2 Å². The van der Waals surface area contributed by atoms with Crippen LogP contribution in [-0.4, -0.2) is 55.0 Å². The van der Waals surface area contributed by atoms with Gasteiger partial charge in [0, 0.05) is 25.2 Å². The van der Waals surface area contributed by atoms with Crippen LogP contribution in [0.15, 0.2) is 53.4 Å². The van der Waals surface area contributed by atoms with Crippen molar-refractivity contribution in [2.75, 3.05) is 21.2 Å². The van der Waals surface area contributed by atoms with Crippen molar-refractivity contribution in [1.29, 1.82) is 0 Å². The number of sulfonamides is 1. The van der Waals surface area contributed by atoms with Crippen LogP contribution >= 0.6 is 0 Å². The second-order valence-electron chi connectivity index (χ2n) is 6.33. The van der Waals surface area contributed by atoms with Gasteiger partial charge in [0.15, 0.2) is 5.82 Å². The molecule has 3 aromatic rings. The molecule has 1 heterocycles. The summed E-state index contributed by atoms with van der Waals surface area (Å²) in [6.07, 6.45) is 0. The fourth-order valence-electron chi connectivity index (χ4n) is 2.52. The molecule has 0 saturated carbocycles. The zero-order chi connectivity index (χ0) is 21.0. The van der Waals surface area contributed by atoms with E-state index in [2.05, 4.69) is 20.5 Å². The first kappa shape index (κ1) is 20.5. The highest BCUT2D eigenvalue weighted by Gasteiger charge is 2.19. The number of aromatic amines is 1. The molecule has 0 radical (unpaired) electrons. The first-order valence-corrected chi connectivity index (χ1v) is 10.1. The van der Waals surface area contributed by atoms with Gasteiger partial charge in [-0.05, 0) is 42.5 Å². The standard InChI is InChI=1S/C19H21N5O4S/c1-24(2)29(26,27)16-6-4-5-14(11-16)19(25)20-12-17-21-18(23-22-17)13-7-9-15(28-3)10-8-13/h4-11H,12H2,1-3H3,(H,20,25)(H,21,22,23). The van der Waals surface area contributed by atoms with E-state index in [4.69, 9.17) is 4.74 Å². The largest absolute Gasteiger partial charge is 0.497 e. The molecular formula is C19H21N5O4S. The molecule has 0 spiro atoms. The van der Waals surface area contributed by atoms with Gasteiger partial charge in [-0.25, -0.2) is 17.7 Å². The van der Waals surface area contributed by atoms with Gasteiger partial charge in [0.05, 0.1) is 18.6 Å². The van der Waals surface area contributed by atoms with Gasteiger partial charge in [0.2, 0.25) is 10.0 Å². The number of benzene rings is 2. The summed E-state index contributed by atoms with van der Waals surface area (Å²) in [6, 6.07) is 13.2. The highest BCUT2D eigenvalue weighted by molar-refractivity contribution is 7.89. The Balaban J connectivity index is 1.68. The van der Waals surface area contributed by atoms with Gasteiger partial charge >= 0.3 is 0 Å². The number of aromatic nitrogens is 3. The number of amides is 1. The Hall–Kier alpha value is -3.24. The van der Waals surface area contributed by atoms with Crippen LogP contribution in [0.5, 0.6) is 5.75 Å². The molecule has 10 heteroatoms. The van der Waals surface area contributed by atoms with E-state index < -0.39 is 15.9 Å². The lowest BCUT2D eigenvalue weighted by atomic mass is 10.2. The van der Waals surface area contributed by atoms with Crippen molar-refractivity contribution in [3.05, 3.63) is 59.9 Å². The highest BCUT2D eigenvalue weighted by atomic mass is 32.2. The Labute approximate surface area is 168 Å². The molecule has 0 bridgehead atoms. The van der Waals surface area contributed by atoms with Crippen molar-refractivity contribution >= 4 is 15.9 Å². The SMILES string of the molecule is COc1ccc(-c2n[nH]c(CNC(=O)c3cccc(S(=O)(=O)N(C)C)c3)n2)cc1. The summed E-state index contributed by atoms with van der Waals surface area (Å²) >= 11 is 0.